The molecule has 0 radical (unpaired) electrons. The van der Waals surface area contributed by atoms with Crippen LogP contribution >= 0.6 is 0 Å². The van der Waals surface area contributed by atoms with E-state index in [0.29, 0.717) is 5.56 Å². The third kappa shape index (κ3) is 22.3. The zero-order valence-electron chi connectivity index (χ0n) is 24.7. The summed E-state index contributed by atoms with van der Waals surface area (Å²) in [6.07, 6.45) is 42.1. The molecule has 0 fully saturated rings. The minimum atomic E-state index is 0.0115. The van der Waals surface area contributed by atoms with E-state index < -0.39 is 0 Å². The van der Waals surface area contributed by atoms with Crippen LogP contribution < -0.4 is 0 Å². The Morgan fingerprint density at radius 2 is 0.838 bits per heavy atom. The molecule has 3 nitrogen and oxygen atoms in total. The normalized spacial score (nSPS) is 11.7. The molecule has 3 heteroatoms. The van der Waals surface area contributed by atoms with Gasteiger partial charge in [0.05, 0.1) is 0 Å². The maximum Gasteiger partial charge on any atom is 0.198 e. The Balaban J connectivity index is 1.67. The van der Waals surface area contributed by atoms with Crippen LogP contribution in [0.1, 0.15) is 186 Å². The van der Waals surface area contributed by atoms with Gasteiger partial charge in [-0.3, -0.25) is 4.98 Å². The predicted molar refractivity (Wildman–Crippen MR) is 163 cm³/mol. The highest BCUT2D eigenvalue weighted by Gasteiger charge is 2.01. The van der Waals surface area contributed by atoms with Gasteiger partial charge in [-0.15, -0.1) is 0 Å². The molecule has 37 heavy (non-hydrogen) atoms. The SMILES string of the molecule is CCCCCCCCCCCCCCCCCCCCCCCCCCCCC=Cc1cc(O)[nH]c1O. The Labute approximate surface area is 230 Å². The van der Waals surface area contributed by atoms with Crippen molar-refractivity contribution < 1.29 is 10.2 Å². The number of hydrogen-bond acceptors (Lipinski definition) is 2. The Hall–Kier alpha value is -1.38. The van der Waals surface area contributed by atoms with Crippen LogP contribution in [0, 0.1) is 0 Å². The number of rotatable bonds is 28. The molecule has 0 amide bonds. The van der Waals surface area contributed by atoms with Crippen molar-refractivity contribution in [2.75, 3.05) is 0 Å². The second-order valence-corrected chi connectivity index (χ2v) is 11.5. The van der Waals surface area contributed by atoms with Crippen molar-refractivity contribution in [1.82, 2.24) is 4.98 Å². The van der Waals surface area contributed by atoms with Crippen LogP contribution in [0.4, 0.5) is 0 Å². The van der Waals surface area contributed by atoms with Gasteiger partial charge < -0.3 is 10.2 Å². The largest absolute Gasteiger partial charge is 0.494 e. The highest BCUT2D eigenvalue weighted by atomic mass is 16.3. The first kappa shape index (κ1) is 33.6. The van der Waals surface area contributed by atoms with Crippen molar-refractivity contribution >= 4 is 6.08 Å². The Kier molecular flexibility index (Phi) is 23.9. The molecule has 0 saturated heterocycles. The number of hydrogen-bond donors (Lipinski definition) is 3. The lowest BCUT2D eigenvalue weighted by Crippen LogP contribution is -1.84. The van der Waals surface area contributed by atoms with Gasteiger partial charge in [-0.2, -0.15) is 0 Å². The van der Waals surface area contributed by atoms with E-state index in [1.807, 2.05) is 6.08 Å². The Bertz CT molecular complexity index is 621. The van der Waals surface area contributed by atoms with Gasteiger partial charge in [0.2, 0.25) is 0 Å². The van der Waals surface area contributed by atoms with E-state index in [1.165, 1.54) is 167 Å². The zero-order valence-corrected chi connectivity index (χ0v) is 24.7. The Morgan fingerprint density at radius 1 is 0.514 bits per heavy atom. The average Bonchev–Trinajstić information content (AvgIpc) is 3.22. The minimum Gasteiger partial charge on any atom is -0.494 e. The molecular weight excluding hydrogens is 454 g/mol. The summed E-state index contributed by atoms with van der Waals surface area (Å²) in [6.45, 7) is 2.30. The third-order valence-electron chi connectivity index (χ3n) is 7.83. The van der Waals surface area contributed by atoms with Crippen LogP contribution in [0.3, 0.4) is 0 Å². The van der Waals surface area contributed by atoms with Crippen LogP contribution in [-0.4, -0.2) is 15.2 Å². The summed E-state index contributed by atoms with van der Waals surface area (Å²) in [6, 6.07) is 1.55. The second kappa shape index (κ2) is 26.2. The first-order valence-corrected chi connectivity index (χ1v) is 16.5. The van der Waals surface area contributed by atoms with E-state index in [-0.39, 0.29) is 11.8 Å². The van der Waals surface area contributed by atoms with E-state index in [0.717, 1.165) is 6.42 Å². The van der Waals surface area contributed by atoms with Crippen LogP contribution in [0.2, 0.25) is 0 Å². The first-order chi connectivity index (χ1) is 18.2. The number of nitrogens with one attached hydrogen (secondary N) is 1. The standard InChI is InChI=1S/C34H63NO2/c1-2-3-4-5-6-7-8-9-10-11-12-13-14-15-16-17-18-19-20-21-22-23-24-25-26-27-28-29-30-32-31-33(36)35-34(32)37/h29-31,35-37H,2-28H2,1H3. The fourth-order valence-electron chi connectivity index (χ4n) is 5.36. The van der Waals surface area contributed by atoms with Crippen LogP contribution in [0.15, 0.2) is 12.1 Å². The summed E-state index contributed by atoms with van der Waals surface area (Å²) >= 11 is 0. The fourth-order valence-corrected chi connectivity index (χ4v) is 5.36. The molecule has 216 valence electrons. The number of aromatic nitrogens is 1. The maximum absolute atomic E-state index is 9.57. The fraction of sp³-hybridized carbons (Fsp3) is 0.824. The molecule has 1 aromatic heterocycles. The molecule has 0 bridgehead atoms. The van der Waals surface area contributed by atoms with E-state index in [1.54, 1.807) is 6.07 Å². The second-order valence-electron chi connectivity index (χ2n) is 11.5. The summed E-state index contributed by atoms with van der Waals surface area (Å²) in [5, 5.41) is 18.9. The van der Waals surface area contributed by atoms with Gasteiger partial charge in [-0.25, -0.2) is 0 Å². The van der Waals surface area contributed by atoms with Crippen molar-refractivity contribution in [3.8, 4) is 11.8 Å². The lowest BCUT2D eigenvalue weighted by molar-refractivity contribution is 0.425. The summed E-state index contributed by atoms with van der Waals surface area (Å²) in [4.78, 5) is 2.49. The number of unbranched alkanes of at least 4 members (excludes halogenated alkanes) is 26. The van der Waals surface area contributed by atoms with Crippen molar-refractivity contribution in [2.45, 2.75) is 180 Å². The number of allylic oxidation sites excluding steroid dienone is 1. The van der Waals surface area contributed by atoms with E-state index >= 15 is 0 Å². The lowest BCUT2D eigenvalue weighted by Gasteiger charge is -2.04. The van der Waals surface area contributed by atoms with Crippen LogP contribution in [0.25, 0.3) is 6.08 Å². The first-order valence-electron chi connectivity index (χ1n) is 16.5. The molecule has 0 aliphatic rings. The van der Waals surface area contributed by atoms with Gasteiger partial charge in [0.1, 0.15) is 0 Å². The average molecular weight is 518 g/mol. The summed E-state index contributed by atoms with van der Waals surface area (Å²) in [5.41, 5.74) is 0.660. The van der Waals surface area contributed by atoms with Crippen molar-refractivity contribution in [2.24, 2.45) is 0 Å². The van der Waals surface area contributed by atoms with Crippen LogP contribution in [0.5, 0.6) is 11.8 Å². The molecule has 1 heterocycles. The molecule has 0 unspecified atom stereocenters. The monoisotopic (exact) mass is 517 g/mol. The smallest absolute Gasteiger partial charge is 0.198 e. The minimum absolute atomic E-state index is 0.0115. The third-order valence-corrected chi connectivity index (χ3v) is 7.83. The number of aromatic hydroxyl groups is 2. The van der Waals surface area contributed by atoms with E-state index in [4.69, 9.17) is 0 Å². The van der Waals surface area contributed by atoms with E-state index in [9.17, 15) is 10.2 Å². The molecule has 3 N–H and O–H groups in total. The van der Waals surface area contributed by atoms with Gasteiger partial charge in [-0.1, -0.05) is 180 Å². The highest BCUT2D eigenvalue weighted by molar-refractivity contribution is 5.56. The molecular formula is C34H63NO2. The van der Waals surface area contributed by atoms with Gasteiger partial charge >= 0.3 is 0 Å². The molecule has 0 aliphatic heterocycles. The summed E-state index contributed by atoms with van der Waals surface area (Å²) < 4.78 is 0. The zero-order chi connectivity index (χ0) is 26.7. The molecule has 0 saturated carbocycles. The van der Waals surface area contributed by atoms with E-state index in [2.05, 4.69) is 18.0 Å². The van der Waals surface area contributed by atoms with Gasteiger partial charge in [0.25, 0.3) is 0 Å². The highest BCUT2D eigenvalue weighted by Crippen LogP contribution is 2.23. The maximum atomic E-state index is 9.57. The molecule has 1 rings (SSSR count). The quantitative estimate of drug-likeness (QED) is 0.0968. The van der Waals surface area contributed by atoms with Gasteiger partial charge in [0, 0.05) is 11.6 Å². The van der Waals surface area contributed by atoms with Gasteiger partial charge in [0.15, 0.2) is 11.8 Å². The lowest BCUT2D eigenvalue weighted by atomic mass is 10.0. The van der Waals surface area contributed by atoms with Crippen molar-refractivity contribution in [3.63, 3.8) is 0 Å². The summed E-state index contributed by atoms with van der Waals surface area (Å²) in [7, 11) is 0. The molecule has 0 atom stereocenters. The molecule has 0 aliphatic carbocycles. The summed E-state index contributed by atoms with van der Waals surface area (Å²) in [5.74, 6) is 0.0520. The molecule has 1 aromatic rings. The topological polar surface area (TPSA) is 56.2 Å². The van der Waals surface area contributed by atoms with Crippen molar-refractivity contribution in [3.05, 3.63) is 17.7 Å². The Morgan fingerprint density at radius 3 is 1.14 bits per heavy atom. The van der Waals surface area contributed by atoms with Crippen LogP contribution in [-0.2, 0) is 0 Å². The van der Waals surface area contributed by atoms with Crippen molar-refractivity contribution in [1.29, 1.82) is 0 Å². The molecule has 0 aromatic carbocycles. The molecule has 0 spiro atoms. The van der Waals surface area contributed by atoms with Gasteiger partial charge in [-0.05, 0) is 12.8 Å². The number of aromatic amines is 1. The number of H-pyrrole nitrogens is 1. The predicted octanol–water partition coefficient (Wildman–Crippen LogP) is 12.0.